The Morgan fingerprint density at radius 1 is 1.62 bits per heavy atom. The third-order valence-corrected chi connectivity index (χ3v) is 3.74. The first-order valence-corrected chi connectivity index (χ1v) is 5.88. The van der Waals surface area contributed by atoms with E-state index in [0.717, 1.165) is 25.8 Å². The molecule has 2 rings (SSSR count). The normalized spacial score (nSPS) is 32.1. The van der Waals surface area contributed by atoms with Crippen LogP contribution in [-0.2, 0) is 9.53 Å². The van der Waals surface area contributed by atoms with Gasteiger partial charge in [-0.15, -0.1) is 0 Å². The molecular formula is C11H20N2O3. The van der Waals surface area contributed by atoms with Crippen LogP contribution < -0.4 is 10.6 Å². The largest absolute Gasteiger partial charge is 0.394 e. The van der Waals surface area contributed by atoms with Gasteiger partial charge in [-0.05, 0) is 25.7 Å². The lowest BCUT2D eigenvalue weighted by molar-refractivity contribution is -0.127. The van der Waals surface area contributed by atoms with Crippen molar-refractivity contribution >= 4 is 5.91 Å². The van der Waals surface area contributed by atoms with Gasteiger partial charge >= 0.3 is 0 Å². The molecule has 5 heteroatoms. The lowest BCUT2D eigenvalue weighted by Crippen LogP contribution is -2.59. The molecule has 0 spiro atoms. The standard InChI is InChI=1S/C11H20N2O3/c1-16-8-5-9(12-6-8)10(15)13-11(7-14)3-2-4-11/h8-9,12,14H,2-7H2,1H3,(H,13,15). The van der Waals surface area contributed by atoms with Gasteiger partial charge in [0.15, 0.2) is 0 Å². The monoisotopic (exact) mass is 228 g/mol. The zero-order valence-corrected chi connectivity index (χ0v) is 9.66. The number of carbonyl (C=O) groups excluding carboxylic acids is 1. The number of amides is 1. The van der Waals surface area contributed by atoms with Crippen LogP contribution in [0.1, 0.15) is 25.7 Å². The summed E-state index contributed by atoms with van der Waals surface area (Å²) < 4.78 is 5.20. The van der Waals surface area contributed by atoms with E-state index in [4.69, 9.17) is 4.74 Å². The van der Waals surface area contributed by atoms with Crippen molar-refractivity contribution in [1.82, 2.24) is 10.6 Å². The highest BCUT2D eigenvalue weighted by Crippen LogP contribution is 2.31. The summed E-state index contributed by atoms with van der Waals surface area (Å²) in [6, 6.07) is -0.172. The molecule has 0 aromatic rings. The number of carbonyl (C=O) groups is 1. The van der Waals surface area contributed by atoms with E-state index in [-0.39, 0.29) is 30.2 Å². The van der Waals surface area contributed by atoms with E-state index in [1.54, 1.807) is 7.11 Å². The summed E-state index contributed by atoms with van der Waals surface area (Å²) >= 11 is 0. The molecule has 1 aliphatic carbocycles. The molecular weight excluding hydrogens is 208 g/mol. The van der Waals surface area contributed by atoms with Gasteiger partial charge in [-0.25, -0.2) is 0 Å². The minimum Gasteiger partial charge on any atom is -0.394 e. The third-order valence-electron chi connectivity index (χ3n) is 3.74. The topological polar surface area (TPSA) is 70.6 Å². The highest BCUT2D eigenvalue weighted by atomic mass is 16.5. The van der Waals surface area contributed by atoms with Crippen LogP contribution in [0.4, 0.5) is 0 Å². The summed E-state index contributed by atoms with van der Waals surface area (Å²) in [5.74, 6) is -0.00620. The molecule has 1 saturated heterocycles. The quantitative estimate of drug-likeness (QED) is 0.600. The lowest BCUT2D eigenvalue weighted by Gasteiger charge is -2.41. The van der Waals surface area contributed by atoms with Crippen LogP contribution in [0.25, 0.3) is 0 Å². The zero-order chi connectivity index (χ0) is 11.6. The summed E-state index contributed by atoms with van der Waals surface area (Å²) in [6.45, 7) is 0.764. The van der Waals surface area contributed by atoms with Crippen molar-refractivity contribution in [1.29, 1.82) is 0 Å². The second-order valence-corrected chi connectivity index (χ2v) is 4.84. The van der Waals surface area contributed by atoms with E-state index in [2.05, 4.69) is 10.6 Å². The summed E-state index contributed by atoms with van der Waals surface area (Å²) in [6.07, 6.45) is 3.69. The van der Waals surface area contributed by atoms with Gasteiger partial charge in [0.05, 0.1) is 24.3 Å². The molecule has 1 amide bonds. The molecule has 92 valence electrons. The minimum atomic E-state index is -0.343. The van der Waals surface area contributed by atoms with Crippen molar-refractivity contribution in [2.75, 3.05) is 20.3 Å². The van der Waals surface area contributed by atoms with Crippen LogP contribution in [0.5, 0.6) is 0 Å². The smallest absolute Gasteiger partial charge is 0.237 e. The van der Waals surface area contributed by atoms with E-state index >= 15 is 0 Å². The Kier molecular flexibility index (Phi) is 3.47. The molecule has 1 saturated carbocycles. The van der Waals surface area contributed by atoms with Gasteiger partial charge in [-0.1, -0.05) is 0 Å². The summed E-state index contributed by atoms with van der Waals surface area (Å²) in [5.41, 5.74) is -0.343. The molecule has 3 N–H and O–H groups in total. The maximum atomic E-state index is 11.9. The van der Waals surface area contributed by atoms with Gasteiger partial charge < -0.3 is 20.5 Å². The van der Waals surface area contributed by atoms with Crippen molar-refractivity contribution < 1.29 is 14.6 Å². The third kappa shape index (κ3) is 2.21. The van der Waals surface area contributed by atoms with Crippen LogP contribution in [0.2, 0.25) is 0 Å². The van der Waals surface area contributed by atoms with Crippen LogP contribution >= 0.6 is 0 Å². The van der Waals surface area contributed by atoms with Crippen LogP contribution in [0, 0.1) is 0 Å². The summed E-state index contributed by atoms with van der Waals surface area (Å²) in [7, 11) is 1.66. The van der Waals surface area contributed by atoms with Crippen LogP contribution in [0.15, 0.2) is 0 Å². The molecule has 1 heterocycles. The molecule has 16 heavy (non-hydrogen) atoms. The van der Waals surface area contributed by atoms with Crippen molar-refractivity contribution in [3.8, 4) is 0 Å². The van der Waals surface area contributed by atoms with E-state index < -0.39 is 0 Å². The SMILES string of the molecule is COC1CNC(C(=O)NC2(CO)CCC2)C1. The van der Waals surface area contributed by atoms with E-state index in [1.807, 2.05) is 0 Å². The van der Waals surface area contributed by atoms with Gasteiger partial charge in [-0.3, -0.25) is 4.79 Å². The highest BCUT2D eigenvalue weighted by molar-refractivity contribution is 5.83. The van der Waals surface area contributed by atoms with Gasteiger partial charge in [0, 0.05) is 13.7 Å². The molecule has 2 aliphatic rings. The zero-order valence-electron chi connectivity index (χ0n) is 9.66. The molecule has 2 atom stereocenters. The second kappa shape index (κ2) is 4.69. The number of aliphatic hydroxyl groups excluding tert-OH is 1. The van der Waals surface area contributed by atoms with Crippen molar-refractivity contribution in [3.63, 3.8) is 0 Å². The Bertz CT molecular complexity index is 260. The second-order valence-electron chi connectivity index (χ2n) is 4.84. The molecule has 0 radical (unpaired) electrons. The average molecular weight is 228 g/mol. The first-order valence-electron chi connectivity index (χ1n) is 5.88. The maximum absolute atomic E-state index is 11.9. The fraction of sp³-hybridized carbons (Fsp3) is 0.909. The summed E-state index contributed by atoms with van der Waals surface area (Å²) in [5, 5.41) is 15.4. The van der Waals surface area contributed by atoms with Crippen molar-refractivity contribution in [2.45, 2.75) is 43.4 Å². The van der Waals surface area contributed by atoms with E-state index in [1.165, 1.54) is 0 Å². The predicted octanol–water partition coefficient (Wildman–Crippen LogP) is -0.605. The molecule has 2 unspecified atom stereocenters. The van der Waals surface area contributed by atoms with Crippen molar-refractivity contribution in [3.05, 3.63) is 0 Å². The van der Waals surface area contributed by atoms with Crippen LogP contribution in [-0.4, -0.2) is 49.0 Å². The van der Waals surface area contributed by atoms with Gasteiger partial charge in [0.2, 0.25) is 5.91 Å². The first kappa shape index (κ1) is 11.8. The molecule has 2 fully saturated rings. The number of hydrogen-bond acceptors (Lipinski definition) is 4. The summed E-state index contributed by atoms with van der Waals surface area (Å²) in [4.78, 5) is 11.9. The van der Waals surface area contributed by atoms with E-state index in [0.29, 0.717) is 6.42 Å². The Balaban J connectivity index is 1.84. The number of nitrogens with one attached hydrogen (secondary N) is 2. The fourth-order valence-electron chi connectivity index (χ4n) is 2.36. The molecule has 5 nitrogen and oxygen atoms in total. The average Bonchev–Trinajstić information content (AvgIpc) is 2.71. The van der Waals surface area contributed by atoms with Crippen LogP contribution in [0.3, 0.4) is 0 Å². The Hall–Kier alpha value is -0.650. The Morgan fingerprint density at radius 2 is 2.38 bits per heavy atom. The molecule has 0 bridgehead atoms. The molecule has 1 aliphatic heterocycles. The Morgan fingerprint density at radius 3 is 2.81 bits per heavy atom. The Labute approximate surface area is 95.5 Å². The fourth-order valence-corrected chi connectivity index (χ4v) is 2.36. The number of ether oxygens (including phenoxy) is 1. The highest BCUT2D eigenvalue weighted by Gasteiger charge is 2.40. The first-order chi connectivity index (χ1) is 7.69. The number of methoxy groups -OCH3 is 1. The predicted molar refractivity (Wildman–Crippen MR) is 59.0 cm³/mol. The van der Waals surface area contributed by atoms with E-state index in [9.17, 15) is 9.90 Å². The van der Waals surface area contributed by atoms with Gasteiger partial charge in [-0.2, -0.15) is 0 Å². The molecule has 0 aromatic heterocycles. The number of aliphatic hydroxyl groups is 1. The van der Waals surface area contributed by atoms with Gasteiger partial charge in [0.1, 0.15) is 0 Å². The lowest BCUT2D eigenvalue weighted by atomic mass is 9.77. The minimum absolute atomic E-state index is 0.00620. The van der Waals surface area contributed by atoms with Gasteiger partial charge in [0.25, 0.3) is 0 Å². The molecule has 0 aromatic carbocycles. The number of rotatable bonds is 4. The maximum Gasteiger partial charge on any atom is 0.237 e. The number of hydrogen-bond donors (Lipinski definition) is 3. The van der Waals surface area contributed by atoms with Crippen molar-refractivity contribution in [2.24, 2.45) is 0 Å².